The van der Waals surface area contributed by atoms with Gasteiger partial charge in [0.05, 0.1) is 23.8 Å². The van der Waals surface area contributed by atoms with E-state index in [1.54, 1.807) is 0 Å². The molecule has 3 nitrogen and oxygen atoms in total. The van der Waals surface area contributed by atoms with Crippen LogP contribution < -0.4 is 10.2 Å². The average Bonchev–Trinajstić information content (AvgIpc) is 3.19. The number of nitrogens with zero attached hydrogens (tertiary/aromatic N) is 2. The monoisotopic (exact) mass is 233 g/mol. The lowest BCUT2D eigenvalue weighted by Crippen LogP contribution is -2.30. The molecule has 1 unspecified atom stereocenters. The number of nitrogens with one attached hydrogen (secondary N) is 1. The van der Waals surface area contributed by atoms with Gasteiger partial charge in [0.1, 0.15) is 0 Å². The van der Waals surface area contributed by atoms with Crippen molar-refractivity contribution in [2.45, 2.75) is 39.2 Å². The maximum atomic E-state index is 4.32. The molecule has 94 valence electrons. The fraction of sp³-hybridized carbons (Fsp3) is 0.643. The van der Waals surface area contributed by atoms with Crippen molar-refractivity contribution < 1.29 is 0 Å². The first kappa shape index (κ1) is 12.2. The Bertz CT molecular complexity index is 360. The Labute approximate surface area is 104 Å². The number of rotatable bonds is 6. The largest absolute Gasteiger partial charge is 0.384 e. The number of hydrogen-bond donors (Lipinski definition) is 1. The molecule has 0 saturated heterocycles. The van der Waals surface area contributed by atoms with E-state index in [0.29, 0.717) is 6.04 Å². The first-order chi connectivity index (χ1) is 8.22. The van der Waals surface area contributed by atoms with Crippen LogP contribution in [0.1, 0.15) is 33.1 Å². The van der Waals surface area contributed by atoms with E-state index in [9.17, 15) is 0 Å². The van der Waals surface area contributed by atoms with Gasteiger partial charge in [0.15, 0.2) is 0 Å². The number of hydrogen-bond acceptors (Lipinski definition) is 3. The van der Waals surface area contributed by atoms with Gasteiger partial charge in [-0.3, -0.25) is 4.98 Å². The van der Waals surface area contributed by atoms with E-state index in [2.05, 4.69) is 42.2 Å². The van der Waals surface area contributed by atoms with Gasteiger partial charge in [0.25, 0.3) is 0 Å². The molecular formula is C14H23N3. The SMILES string of the molecule is CCCNc1cncc(N(C)C(C)C2CC2)c1. The summed E-state index contributed by atoms with van der Waals surface area (Å²) >= 11 is 0. The number of pyridine rings is 1. The molecule has 17 heavy (non-hydrogen) atoms. The molecule has 3 heteroatoms. The summed E-state index contributed by atoms with van der Waals surface area (Å²) in [4.78, 5) is 6.67. The van der Waals surface area contributed by atoms with Crippen molar-refractivity contribution in [2.75, 3.05) is 23.8 Å². The maximum absolute atomic E-state index is 4.32. The van der Waals surface area contributed by atoms with Gasteiger partial charge in [-0.1, -0.05) is 6.92 Å². The first-order valence-electron chi connectivity index (χ1n) is 6.64. The van der Waals surface area contributed by atoms with Crippen molar-refractivity contribution in [1.82, 2.24) is 4.98 Å². The third kappa shape index (κ3) is 3.11. The molecule has 1 N–H and O–H groups in total. The van der Waals surface area contributed by atoms with Crippen molar-refractivity contribution in [3.05, 3.63) is 18.5 Å². The second kappa shape index (κ2) is 5.39. The Morgan fingerprint density at radius 1 is 1.47 bits per heavy atom. The Balaban J connectivity index is 2.03. The van der Waals surface area contributed by atoms with Crippen molar-refractivity contribution in [3.63, 3.8) is 0 Å². The van der Waals surface area contributed by atoms with Crippen molar-refractivity contribution in [3.8, 4) is 0 Å². The minimum Gasteiger partial charge on any atom is -0.384 e. The topological polar surface area (TPSA) is 28.2 Å². The maximum Gasteiger partial charge on any atom is 0.0573 e. The lowest BCUT2D eigenvalue weighted by Gasteiger charge is -2.27. The van der Waals surface area contributed by atoms with Crippen molar-refractivity contribution in [2.24, 2.45) is 5.92 Å². The summed E-state index contributed by atoms with van der Waals surface area (Å²) < 4.78 is 0. The lowest BCUT2D eigenvalue weighted by molar-refractivity contribution is 0.608. The van der Waals surface area contributed by atoms with E-state index in [0.717, 1.165) is 24.6 Å². The van der Waals surface area contributed by atoms with E-state index in [4.69, 9.17) is 0 Å². The summed E-state index contributed by atoms with van der Waals surface area (Å²) in [5.74, 6) is 0.882. The molecule has 0 amide bonds. The van der Waals surface area contributed by atoms with Gasteiger partial charge in [-0.25, -0.2) is 0 Å². The molecule has 1 aromatic heterocycles. The standard InChI is InChI=1S/C14H23N3/c1-4-7-16-13-8-14(10-15-9-13)17(3)11(2)12-5-6-12/h8-12,16H,4-7H2,1-3H3. The van der Waals surface area contributed by atoms with Crippen molar-refractivity contribution >= 4 is 11.4 Å². The van der Waals surface area contributed by atoms with Crippen LogP contribution in [-0.2, 0) is 0 Å². The van der Waals surface area contributed by atoms with Crippen LogP contribution in [0.5, 0.6) is 0 Å². The smallest absolute Gasteiger partial charge is 0.0573 e. The van der Waals surface area contributed by atoms with Crippen molar-refractivity contribution in [1.29, 1.82) is 0 Å². The van der Waals surface area contributed by atoms with Gasteiger partial charge in [-0.05, 0) is 38.2 Å². The zero-order chi connectivity index (χ0) is 12.3. The van der Waals surface area contributed by atoms with E-state index in [1.807, 2.05) is 12.4 Å². The van der Waals surface area contributed by atoms with Crippen LogP contribution in [0.3, 0.4) is 0 Å². The van der Waals surface area contributed by atoms with Crippen LogP contribution in [0.2, 0.25) is 0 Å². The van der Waals surface area contributed by atoms with Crippen LogP contribution in [0.4, 0.5) is 11.4 Å². The predicted molar refractivity (Wildman–Crippen MR) is 73.6 cm³/mol. The molecule has 1 aliphatic carbocycles. The molecule has 1 aliphatic rings. The van der Waals surface area contributed by atoms with Gasteiger partial charge in [0.2, 0.25) is 0 Å². The summed E-state index contributed by atoms with van der Waals surface area (Å²) in [6, 6.07) is 2.82. The average molecular weight is 233 g/mol. The highest BCUT2D eigenvalue weighted by molar-refractivity contribution is 5.55. The second-order valence-corrected chi connectivity index (χ2v) is 5.05. The quantitative estimate of drug-likeness (QED) is 0.818. The van der Waals surface area contributed by atoms with E-state index < -0.39 is 0 Å². The molecule has 0 aliphatic heterocycles. The minimum atomic E-state index is 0.623. The molecule has 0 radical (unpaired) electrons. The summed E-state index contributed by atoms with van der Waals surface area (Å²) in [6.07, 6.45) is 7.75. The van der Waals surface area contributed by atoms with E-state index >= 15 is 0 Å². The second-order valence-electron chi connectivity index (χ2n) is 5.05. The molecule has 2 rings (SSSR count). The van der Waals surface area contributed by atoms with Crippen LogP contribution >= 0.6 is 0 Å². The Kier molecular flexibility index (Phi) is 3.87. The van der Waals surface area contributed by atoms with E-state index in [-0.39, 0.29) is 0 Å². The third-order valence-corrected chi connectivity index (χ3v) is 3.63. The first-order valence-corrected chi connectivity index (χ1v) is 6.64. The van der Waals surface area contributed by atoms with Gasteiger partial charge in [-0.15, -0.1) is 0 Å². The summed E-state index contributed by atoms with van der Waals surface area (Å²) in [7, 11) is 2.17. The van der Waals surface area contributed by atoms with Crippen LogP contribution in [0.15, 0.2) is 18.5 Å². The Morgan fingerprint density at radius 2 is 2.24 bits per heavy atom. The van der Waals surface area contributed by atoms with Gasteiger partial charge in [-0.2, -0.15) is 0 Å². The normalized spacial score (nSPS) is 16.6. The molecule has 1 atom stereocenters. The molecule has 0 bridgehead atoms. The predicted octanol–water partition coefficient (Wildman–Crippen LogP) is 3.14. The zero-order valence-electron chi connectivity index (χ0n) is 11.1. The van der Waals surface area contributed by atoms with Crippen LogP contribution in [-0.4, -0.2) is 24.6 Å². The molecule has 1 aromatic rings. The Morgan fingerprint density at radius 3 is 2.88 bits per heavy atom. The van der Waals surface area contributed by atoms with Crippen LogP contribution in [0.25, 0.3) is 0 Å². The van der Waals surface area contributed by atoms with Crippen LogP contribution in [0, 0.1) is 5.92 Å². The van der Waals surface area contributed by atoms with Gasteiger partial charge in [0, 0.05) is 19.6 Å². The molecule has 1 saturated carbocycles. The molecule has 1 fully saturated rings. The summed E-state index contributed by atoms with van der Waals surface area (Å²) in [5.41, 5.74) is 2.34. The fourth-order valence-corrected chi connectivity index (χ4v) is 2.12. The summed E-state index contributed by atoms with van der Waals surface area (Å²) in [6.45, 7) is 5.49. The Hall–Kier alpha value is -1.25. The highest BCUT2D eigenvalue weighted by Crippen LogP contribution is 2.36. The fourth-order valence-electron chi connectivity index (χ4n) is 2.12. The molecule has 0 aromatic carbocycles. The minimum absolute atomic E-state index is 0.623. The highest BCUT2D eigenvalue weighted by atomic mass is 15.1. The lowest BCUT2D eigenvalue weighted by atomic mass is 10.2. The molecule has 0 spiro atoms. The van der Waals surface area contributed by atoms with Gasteiger partial charge >= 0.3 is 0 Å². The summed E-state index contributed by atoms with van der Waals surface area (Å²) in [5, 5.41) is 3.38. The molecule has 1 heterocycles. The molecular weight excluding hydrogens is 210 g/mol. The van der Waals surface area contributed by atoms with Gasteiger partial charge < -0.3 is 10.2 Å². The number of aromatic nitrogens is 1. The zero-order valence-corrected chi connectivity index (χ0v) is 11.1. The number of anilines is 2. The third-order valence-electron chi connectivity index (χ3n) is 3.63. The van der Waals surface area contributed by atoms with E-state index in [1.165, 1.54) is 18.5 Å². The highest BCUT2D eigenvalue weighted by Gasteiger charge is 2.30.